The van der Waals surface area contributed by atoms with Gasteiger partial charge in [0.2, 0.25) is 0 Å². The van der Waals surface area contributed by atoms with E-state index in [-0.39, 0.29) is 11.8 Å². The number of amides is 2. The summed E-state index contributed by atoms with van der Waals surface area (Å²) in [7, 11) is 0. The number of hydrogen-bond acceptors (Lipinski definition) is 2. The molecule has 0 aliphatic carbocycles. The molecule has 3 rings (SSSR count). The minimum atomic E-state index is -0.164. The first-order chi connectivity index (χ1) is 9.24. The summed E-state index contributed by atoms with van der Waals surface area (Å²) in [6.45, 7) is 2.55. The summed E-state index contributed by atoms with van der Waals surface area (Å²) in [6, 6.07) is 11.2. The van der Waals surface area contributed by atoms with E-state index in [9.17, 15) is 9.59 Å². The molecule has 1 heterocycles. The summed E-state index contributed by atoms with van der Waals surface area (Å²) < 4.78 is 0. The summed E-state index contributed by atoms with van der Waals surface area (Å²) >= 11 is 0. The third-order valence-electron chi connectivity index (χ3n) is 3.59. The summed E-state index contributed by atoms with van der Waals surface area (Å²) in [5.74, 6) is -0.328. The van der Waals surface area contributed by atoms with Crippen LogP contribution in [0, 0.1) is 0 Å². The molecular weight excluding hydrogens is 238 g/mol. The number of imide groups is 1. The van der Waals surface area contributed by atoms with Crippen LogP contribution in [0.5, 0.6) is 0 Å². The monoisotopic (exact) mass is 253 g/mol. The maximum absolute atomic E-state index is 12.4. The lowest BCUT2D eigenvalue weighted by Crippen LogP contribution is -2.40. The fourth-order valence-electron chi connectivity index (χ4n) is 2.60. The molecule has 0 bridgehead atoms. The van der Waals surface area contributed by atoms with E-state index in [0.717, 1.165) is 23.6 Å². The van der Waals surface area contributed by atoms with Crippen LogP contribution < -0.4 is 0 Å². The lowest BCUT2D eigenvalue weighted by Gasteiger charge is -2.27. The Balaban J connectivity index is 2.19. The van der Waals surface area contributed by atoms with Crippen LogP contribution in [-0.2, 0) is 0 Å². The standard InChI is InChI=1S/C16H15NO2/c1-2-3-10-17-15(18)12-8-4-6-11-7-5-9-13(14(11)12)16(17)19/h4-9H,2-3,10H2,1H3. The molecule has 1 aliphatic rings. The Bertz CT molecular complexity index is 625. The molecule has 0 saturated heterocycles. The topological polar surface area (TPSA) is 37.4 Å². The van der Waals surface area contributed by atoms with Gasteiger partial charge in [-0.15, -0.1) is 0 Å². The molecule has 2 amide bonds. The van der Waals surface area contributed by atoms with Crippen molar-refractivity contribution < 1.29 is 9.59 Å². The van der Waals surface area contributed by atoms with Gasteiger partial charge in [-0.1, -0.05) is 37.6 Å². The van der Waals surface area contributed by atoms with Gasteiger partial charge in [-0.25, -0.2) is 0 Å². The molecule has 0 atom stereocenters. The maximum Gasteiger partial charge on any atom is 0.261 e. The highest BCUT2D eigenvalue weighted by Crippen LogP contribution is 2.29. The molecule has 2 aromatic carbocycles. The van der Waals surface area contributed by atoms with Crippen LogP contribution in [-0.4, -0.2) is 23.3 Å². The van der Waals surface area contributed by atoms with Crippen molar-refractivity contribution in [1.82, 2.24) is 4.90 Å². The quantitative estimate of drug-likeness (QED) is 0.787. The van der Waals surface area contributed by atoms with Crippen molar-refractivity contribution in [3.05, 3.63) is 47.5 Å². The number of unbranched alkanes of at least 4 members (excludes halogenated alkanes) is 1. The second kappa shape index (κ2) is 4.50. The van der Waals surface area contributed by atoms with Gasteiger partial charge in [0.15, 0.2) is 0 Å². The van der Waals surface area contributed by atoms with Crippen LogP contribution >= 0.6 is 0 Å². The minimum Gasteiger partial charge on any atom is -0.274 e. The van der Waals surface area contributed by atoms with Gasteiger partial charge in [-0.2, -0.15) is 0 Å². The Labute approximate surface area is 111 Å². The van der Waals surface area contributed by atoms with Crippen LogP contribution in [0.3, 0.4) is 0 Å². The largest absolute Gasteiger partial charge is 0.274 e. The molecule has 0 unspecified atom stereocenters. The molecule has 0 saturated carbocycles. The van der Waals surface area contributed by atoms with Crippen LogP contribution in [0.1, 0.15) is 40.5 Å². The van der Waals surface area contributed by atoms with Gasteiger partial charge < -0.3 is 0 Å². The van der Waals surface area contributed by atoms with Crippen LogP contribution in [0.15, 0.2) is 36.4 Å². The predicted molar refractivity (Wildman–Crippen MR) is 74.2 cm³/mol. The second-order valence-electron chi connectivity index (χ2n) is 4.82. The first-order valence-electron chi connectivity index (χ1n) is 6.62. The van der Waals surface area contributed by atoms with Gasteiger partial charge in [0, 0.05) is 23.1 Å². The van der Waals surface area contributed by atoms with Gasteiger partial charge >= 0.3 is 0 Å². The number of carbonyl (C=O) groups is 2. The zero-order valence-electron chi connectivity index (χ0n) is 10.8. The highest BCUT2D eigenvalue weighted by molar-refractivity contribution is 6.25. The SMILES string of the molecule is CCCCN1C(=O)c2cccc3cccc(c23)C1=O. The molecule has 1 aliphatic heterocycles. The Kier molecular flexibility index (Phi) is 2.82. The zero-order valence-corrected chi connectivity index (χ0v) is 10.8. The number of carbonyl (C=O) groups excluding carboxylic acids is 2. The van der Waals surface area contributed by atoms with Gasteiger partial charge in [0.1, 0.15) is 0 Å². The van der Waals surface area contributed by atoms with Crippen molar-refractivity contribution in [3.8, 4) is 0 Å². The van der Waals surface area contributed by atoms with Gasteiger partial charge in [0.05, 0.1) is 0 Å². The van der Waals surface area contributed by atoms with E-state index >= 15 is 0 Å². The summed E-state index contributed by atoms with van der Waals surface area (Å²) in [5, 5.41) is 1.75. The van der Waals surface area contributed by atoms with Gasteiger partial charge in [-0.05, 0) is 23.9 Å². The Hall–Kier alpha value is -2.16. The number of rotatable bonds is 3. The third kappa shape index (κ3) is 1.73. The number of benzene rings is 2. The zero-order chi connectivity index (χ0) is 13.4. The predicted octanol–water partition coefficient (Wildman–Crippen LogP) is 3.24. The molecule has 3 nitrogen and oxygen atoms in total. The van der Waals surface area contributed by atoms with E-state index < -0.39 is 0 Å². The average molecular weight is 253 g/mol. The summed E-state index contributed by atoms with van der Waals surface area (Å²) in [5.41, 5.74) is 1.28. The molecule has 0 N–H and O–H groups in total. The third-order valence-corrected chi connectivity index (χ3v) is 3.59. The lowest BCUT2D eigenvalue weighted by molar-refractivity contribution is 0.0608. The average Bonchev–Trinajstić information content (AvgIpc) is 2.44. The lowest BCUT2D eigenvalue weighted by atomic mass is 9.94. The van der Waals surface area contributed by atoms with Gasteiger partial charge in [-0.3, -0.25) is 14.5 Å². The Morgan fingerprint density at radius 3 is 2.05 bits per heavy atom. The molecule has 96 valence electrons. The van der Waals surface area contributed by atoms with Crippen molar-refractivity contribution >= 4 is 22.6 Å². The number of hydrogen-bond donors (Lipinski definition) is 0. The first kappa shape index (κ1) is 11.9. The Morgan fingerprint density at radius 1 is 0.947 bits per heavy atom. The Morgan fingerprint density at radius 2 is 1.53 bits per heavy atom. The van der Waals surface area contributed by atoms with E-state index in [1.54, 1.807) is 12.1 Å². The van der Waals surface area contributed by atoms with Crippen molar-refractivity contribution in [2.75, 3.05) is 6.54 Å². The van der Waals surface area contributed by atoms with Crippen molar-refractivity contribution in [3.63, 3.8) is 0 Å². The van der Waals surface area contributed by atoms with E-state index in [1.807, 2.05) is 31.2 Å². The smallest absolute Gasteiger partial charge is 0.261 e. The van der Waals surface area contributed by atoms with Crippen LogP contribution in [0.25, 0.3) is 10.8 Å². The normalized spacial score (nSPS) is 14.3. The van der Waals surface area contributed by atoms with E-state index in [4.69, 9.17) is 0 Å². The molecule has 0 radical (unpaired) electrons. The fourth-order valence-corrected chi connectivity index (χ4v) is 2.60. The highest BCUT2D eigenvalue weighted by atomic mass is 16.2. The van der Waals surface area contributed by atoms with E-state index in [2.05, 4.69) is 0 Å². The molecule has 0 aromatic heterocycles. The second-order valence-corrected chi connectivity index (χ2v) is 4.82. The molecular formula is C16H15NO2. The van der Waals surface area contributed by atoms with Crippen LogP contribution in [0.2, 0.25) is 0 Å². The number of nitrogens with zero attached hydrogens (tertiary/aromatic N) is 1. The summed E-state index contributed by atoms with van der Waals surface area (Å²) in [4.78, 5) is 26.2. The van der Waals surface area contributed by atoms with Crippen molar-refractivity contribution in [1.29, 1.82) is 0 Å². The van der Waals surface area contributed by atoms with E-state index in [1.165, 1.54) is 4.90 Å². The van der Waals surface area contributed by atoms with Crippen molar-refractivity contribution in [2.24, 2.45) is 0 Å². The molecule has 0 fully saturated rings. The molecule has 3 heteroatoms. The minimum absolute atomic E-state index is 0.164. The molecule has 19 heavy (non-hydrogen) atoms. The summed E-state index contributed by atoms with van der Waals surface area (Å²) in [6.07, 6.45) is 1.80. The highest BCUT2D eigenvalue weighted by Gasteiger charge is 2.31. The van der Waals surface area contributed by atoms with E-state index in [0.29, 0.717) is 17.7 Å². The maximum atomic E-state index is 12.4. The van der Waals surface area contributed by atoms with Gasteiger partial charge in [0.25, 0.3) is 11.8 Å². The van der Waals surface area contributed by atoms with Crippen LogP contribution in [0.4, 0.5) is 0 Å². The fraction of sp³-hybridized carbons (Fsp3) is 0.250. The van der Waals surface area contributed by atoms with Crippen molar-refractivity contribution in [2.45, 2.75) is 19.8 Å². The first-order valence-corrected chi connectivity index (χ1v) is 6.62. The molecule has 0 spiro atoms. The molecule has 2 aromatic rings.